The first-order valence-corrected chi connectivity index (χ1v) is 10.6. The van der Waals surface area contributed by atoms with E-state index in [9.17, 15) is 0 Å². The SMILES string of the molecule is CCCCCCCCC[C@@H](CCCCCCCC)OC[C@@H]1CO1. The highest BCUT2D eigenvalue weighted by molar-refractivity contribution is 4.69. The second-order valence-electron chi connectivity index (χ2n) is 7.38. The maximum Gasteiger partial charge on any atom is 0.104 e. The monoisotopic (exact) mass is 326 g/mol. The molecule has 0 spiro atoms. The second kappa shape index (κ2) is 15.4. The summed E-state index contributed by atoms with van der Waals surface area (Å²) >= 11 is 0. The summed E-state index contributed by atoms with van der Waals surface area (Å²) < 4.78 is 11.4. The molecule has 1 saturated heterocycles. The maximum atomic E-state index is 6.11. The van der Waals surface area contributed by atoms with E-state index in [2.05, 4.69) is 13.8 Å². The van der Waals surface area contributed by atoms with Gasteiger partial charge in [0.2, 0.25) is 0 Å². The van der Waals surface area contributed by atoms with Crippen molar-refractivity contribution in [2.24, 2.45) is 0 Å². The van der Waals surface area contributed by atoms with Gasteiger partial charge in [-0.25, -0.2) is 0 Å². The molecule has 138 valence electrons. The van der Waals surface area contributed by atoms with E-state index >= 15 is 0 Å². The summed E-state index contributed by atoms with van der Waals surface area (Å²) in [6, 6.07) is 0. The lowest BCUT2D eigenvalue weighted by Gasteiger charge is -2.17. The van der Waals surface area contributed by atoms with E-state index in [-0.39, 0.29) is 0 Å². The summed E-state index contributed by atoms with van der Waals surface area (Å²) in [5.74, 6) is 0. The number of hydrogen-bond donors (Lipinski definition) is 0. The normalized spacial score (nSPS) is 18.3. The minimum absolute atomic E-state index is 0.413. The Balaban J connectivity index is 2.00. The Hall–Kier alpha value is -0.0800. The maximum absolute atomic E-state index is 6.11. The predicted molar refractivity (Wildman–Crippen MR) is 100 cm³/mol. The van der Waals surface area contributed by atoms with E-state index < -0.39 is 0 Å². The molecule has 23 heavy (non-hydrogen) atoms. The van der Waals surface area contributed by atoms with Gasteiger partial charge in [0.15, 0.2) is 0 Å². The standard InChI is InChI=1S/C21H42O2/c1-3-5-7-9-11-13-15-17-20(22-18-21-19-23-21)16-14-12-10-8-6-4-2/h20-21H,3-19H2,1-2H3/t20-,21-/m1/s1. The molecule has 0 unspecified atom stereocenters. The minimum atomic E-state index is 0.413. The van der Waals surface area contributed by atoms with Gasteiger partial charge in [-0.1, -0.05) is 97.3 Å². The zero-order chi connectivity index (χ0) is 16.6. The van der Waals surface area contributed by atoms with E-state index in [1.54, 1.807) is 0 Å². The van der Waals surface area contributed by atoms with Crippen LogP contribution >= 0.6 is 0 Å². The van der Waals surface area contributed by atoms with Crippen molar-refractivity contribution in [3.8, 4) is 0 Å². The number of hydrogen-bond acceptors (Lipinski definition) is 2. The van der Waals surface area contributed by atoms with Gasteiger partial charge in [0, 0.05) is 0 Å². The molecule has 1 aliphatic rings. The third-order valence-corrected chi connectivity index (χ3v) is 4.93. The lowest BCUT2D eigenvalue weighted by Crippen LogP contribution is -2.16. The van der Waals surface area contributed by atoms with E-state index in [1.165, 1.54) is 96.3 Å². The first-order chi connectivity index (χ1) is 11.4. The largest absolute Gasteiger partial charge is 0.375 e. The molecule has 0 aromatic carbocycles. The molecule has 0 aromatic rings. The van der Waals surface area contributed by atoms with Crippen molar-refractivity contribution in [1.82, 2.24) is 0 Å². The van der Waals surface area contributed by atoms with Crippen LogP contribution in [0.2, 0.25) is 0 Å². The Kier molecular flexibility index (Phi) is 14.1. The van der Waals surface area contributed by atoms with E-state index in [1.807, 2.05) is 0 Å². The van der Waals surface area contributed by atoms with Gasteiger partial charge < -0.3 is 9.47 Å². The highest BCUT2D eigenvalue weighted by Crippen LogP contribution is 2.19. The van der Waals surface area contributed by atoms with Crippen LogP contribution in [0.3, 0.4) is 0 Å². The van der Waals surface area contributed by atoms with Crippen LogP contribution < -0.4 is 0 Å². The quantitative estimate of drug-likeness (QED) is 0.207. The molecule has 2 nitrogen and oxygen atoms in total. The lowest BCUT2D eigenvalue weighted by atomic mass is 10.0. The highest BCUT2D eigenvalue weighted by atomic mass is 16.6. The van der Waals surface area contributed by atoms with Crippen molar-refractivity contribution < 1.29 is 9.47 Å². The van der Waals surface area contributed by atoms with Gasteiger partial charge in [-0.05, 0) is 12.8 Å². The summed E-state index contributed by atoms with van der Waals surface area (Å²) in [7, 11) is 0. The van der Waals surface area contributed by atoms with Gasteiger partial charge in [-0.15, -0.1) is 0 Å². The Bertz CT molecular complexity index is 238. The zero-order valence-corrected chi connectivity index (χ0v) is 16.0. The molecule has 2 atom stereocenters. The molecule has 0 aromatic heterocycles. The summed E-state index contributed by atoms with van der Waals surface area (Å²) in [5, 5.41) is 0. The topological polar surface area (TPSA) is 21.8 Å². The number of ether oxygens (including phenoxy) is 2. The van der Waals surface area contributed by atoms with Crippen molar-refractivity contribution in [1.29, 1.82) is 0 Å². The Labute approximate surface area is 145 Å². The van der Waals surface area contributed by atoms with Crippen molar-refractivity contribution in [2.45, 2.75) is 122 Å². The lowest BCUT2D eigenvalue weighted by molar-refractivity contribution is 0.0288. The fourth-order valence-electron chi connectivity index (χ4n) is 3.20. The number of unbranched alkanes of at least 4 members (excludes halogenated alkanes) is 11. The summed E-state index contributed by atoms with van der Waals surface area (Å²) in [6.45, 7) is 6.32. The number of rotatable bonds is 18. The minimum Gasteiger partial charge on any atom is -0.375 e. The fraction of sp³-hybridized carbons (Fsp3) is 1.00. The van der Waals surface area contributed by atoms with Crippen molar-refractivity contribution >= 4 is 0 Å². The van der Waals surface area contributed by atoms with Crippen molar-refractivity contribution in [3.05, 3.63) is 0 Å². The Morgan fingerprint density at radius 1 is 0.739 bits per heavy atom. The van der Waals surface area contributed by atoms with Crippen molar-refractivity contribution in [3.63, 3.8) is 0 Å². The van der Waals surface area contributed by atoms with E-state index in [0.29, 0.717) is 12.2 Å². The van der Waals surface area contributed by atoms with Crippen molar-refractivity contribution in [2.75, 3.05) is 13.2 Å². The van der Waals surface area contributed by atoms with Gasteiger partial charge in [0.1, 0.15) is 6.10 Å². The van der Waals surface area contributed by atoms with Crippen LogP contribution in [0, 0.1) is 0 Å². The molecule has 0 bridgehead atoms. The molecule has 0 radical (unpaired) electrons. The van der Waals surface area contributed by atoms with Crippen LogP contribution in [0.15, 0.2) is 0 Å². The van der Waals surface area contributed by atoms with Crippen LogP contribution in [-0.2, 0) is 9.47 Å². The summed E-state index contributed by atoms with van der Waals surface area (Å²) in [4.78, 5) is 0. The molecule has 1 fully saturated rings. The molecular formula is C21H42O2. The number of epoxide rings is 1. The molecular weight excluding hydrogens is 284 g/mol. The first-order valence-electron chi connectivity index (χ1n) is 10.6. The van der Waals surface area contributed by atoms with Crippen LogP contribution in [0.5, 0.6) is 0 Å². The second-order valence-corrected chi connectivity index (χ2v) is 7.38. The van der Waals surface area contributed by atoms with Gasteiger partial charge in [0.25, 0.3) is 0 Å². The summed E-state index contributed by atoms with van der Waals surface area (Å²) in [6.07, 6.45) is 21.5. The Morgan fingerprint density at radius 3 is 1.61 bits per heavy atom. The smallest absolute Gasteiger partial charge is 0.104 e. The van der Waals surface area contributed by atoms with Crippen LogP contribution in [0.1, 0.15) is 110 Å². The molecule has 0 N–H and O–H groups in total. The zero-order valence-electron chi connectivity index (χ0n) is 16.0. The highest BCUT2D eigenvalue weighted by Gasteiger charge is 2.24. The molecule has 1 heterocycles. The average molecular weight is 327 g/mol. The molecule has 1 aliphatic heterocycles. The van der Waals surface area contributed by atoms with Gasteiger partial charge in [-0.2, -0.15) is 0 Å². The van der Waals surface area contributed by atoms with Crippen LogP contribution in [-0.4, -0.2) is 25.4 Å². The van der Waals surface area contributed by atoms with Gasteiger partial charge >= 0.3 is 0 Å². The van der Waals surface area contributed by atoms with Gasteiger partial charge in [-0.3, -0.25) is 0 Å². The van der Waals surface area contributed by atoms with Gasteiger partial charge in [0.05, 0.1) is 19.3 Å². The first kappa shape index (κ1) is 21.0. The average Bonchev–Trinajstić information content (AvgIpc) is 3.38. The fourth-order valence-corrected chi connectivity index (χ4v) is 3.20. The van der Waals surface area contributed by atoms with E-state index in [4.69, 9.17) is 9.47 Å². The Morgan fingerprint density at radius 2 is 1.17 bits per heavy atom. The molecule has 1 rings (SSSR count). The third-order valence-electron chi connectivity index (χ3n) is 4.93. The predicted octanol–water partition coefficient (Wildman–Crippen LogP) is 6.66. The third kappa shape index (κ3) is 14.0. The van der Waals surface area contributed by atoms with Crippen LogP contribution in [0.25, 0.3) is 0 Å². The molecule has 0 amide bonds. The summed E-state index contributed by atoms with van der Waals surface area (Å²) in [5.41, 5.74) is 0. The van der Waals surface area contributed by atoms with E-state index in [0.717, 1.165) is 13.2 Å². The van der Waals surface area contributed by atoms with Crippen LogP contribution in [0.4, 0.5) is 0 Å². The molecule has 2 heteroatoms. The molecule has 0 aliphatic carbocycles. The molecule has 0 saturated carbocycles.